The van der Waals surface area contributed by atoms with E-state index in [0.717, 1.165) is 40.5 Å². The number of aryl methyl sites for hydroxylation is 1. The fourth-order valence-electron chi connectivity index (χ4n) is 4.43. The molecular weight excluding hydrogens is 412 g/mol. The van der Waals surface area contributed by atoms with Crippen LogP contribution in [0, 0.1) is 0 Å². The van der Waals surface area contributed by atoms with E-state index in [2.05, 4.69) is 37.5 Å². The lowest BCUT2D eigenvalue weighted by Gasteiger charge is -2.34. The number of hydrogen-bond donors (Lipinski definition) is 2. The van der Waals surface area contributed by atoms with Crippen molar-refractivity contribution in [3.8, 4) is 0 Å². The number of para-hydroxylation sites is 1. The van der Waals surface area contributed by atoms with Crippen LogP contribution in [-0.4, -0.2) is 55.7 Å². The monoisotopic (exact) mass is 438 g/mol. The predicted octanol–water partition coefficient (Wildman–Crippen LogP) is 3.01. The van der Waals surface area contributed by atoms with Gasteiger partial charge in [0.05, 0.1) is 24.2 Å². The highest BCUT2D eigenvalue weighted by Crippen LogP contribution is 2.30. The molecule has 1 atom stereocenters. The Hall–Kier alpha value is -2.65. The molecule has 0 radical (unpaired) electrons. The quantitative estimate of drug-likeness (QED) is 0.485. The van der Waals surface area contributed by atoms with Crippen molar-refractivity contribution in [2.24, 2.45) is 7.05 Å². The lowest BCUT2D eigenvalue weighted by atomic mass is 10.0. The standard InChI is InChI=1S/C23H26N4O3S/c1-26-16-20(19-4-2-3-5-22(19)26)23(27-10-12-30-13-11-27)15-25-31(28,29)18-7-6-17-8-9-24-21(17)14-18/h2-9,14,16,23-25H,10-13,15H2,1H3. The molecule has 8 heteroatoms. The first kappa shape index (κ1) is 20.3. The van der Waals surface area contributed by atoms with Gasteiger partial charge in [-0.25, -0.2) is 13.1 Å². The van der Waals surface area contributed by atoms with Gasteiger partial charge in [0.2, 0.25) is 10.0 Å². The van der Waals surface area contributed by atoms with Crippen LogP contribution >= 0.6 is 0 Å². The number of morpholine rings is 1. The molecule has 4 aromatic rings. The van der Waals surface area contributed by atoms with Crippen molar-refractivity contribution >= 4 is 31.8 Å². The fourth-order valence-corrected chi connectivity index (χ4v) is 5.49. The van der Waals surface area contributed by atoms with Gasteiger partial charge < -0.3 is 14.3 Å². The van der Waals surface area contributed by atoms with E-state index in [-0.39, 0.29) is 10.9 Å². The lowest BCUT2D eigenvalue weighted by Crippen LogP contribution is -2.43. The molecule has 162 valence electrons. The highest BCUT2D eigenvalue weighted by Gasteiger charge is 2.27. The van der Waals surface area contributed by atoms with Crippen LogP contribution in [0.1, 0.15) is 11.6 Å². The summed E-state index contributed by atoms with van der Waals surface area (Å²) < 4.78 is 36.7. The van der Waals surface area contributed by atoms with Crippen molar-refractivity contribution in [1.82, 2.24) is 19.2 Å². The van der Waals surface area contributed by atoms with Crippen LogP contribution in [0.25, 0.3) is 21.8 Å². The fraction of sp³-hybridized carbons (Fsp3) is 0.304. The summed E-state index contributed by atoms with van der Waals surface area (Å²) in [6, 6.07) is 15.2. The Morgan fingerprint density at radius 3 is 2.77 bits per heavy atom. The molecule has 3 heterocycles. The molecule has 1 aliphatic heterocycles. The molecule has 1 unspecified atom stereocenters. The molecule has 1 aliphatic rings. The molecule has 2 aromatic carbocycles. The molecule has 0 aliphatic carbocycles. The third kappa shape index (κ3) is 3.87. The Labute approximate surface area is 181 Å². The summed E-state index contributed by atoms with van der Waals surface area (Å²) in [5.41, 5.74) is 3.07. The van der Waals surface area contributed by atoms with Crippen molar-refractivity contribution in [1.29, 1.82) is 0 Å². The SMILES string of the molecule is Cn1cc(C(CNS(=O)(=O)c2ccc3cc[nH]c3c2)N2CCOCC2)c2ccccc21. The molecule has 5 rings (SSSR count). The third-order valence-electron chi connectivity index (χ3n) is 6.08. The Balaban J connectivity index is 1.47. The van der Waals surface area contributed by atoms with Crippen LogP contribution in [0.15, 0.2) is 65.8 Å². The zero-order valence-corrected chi connectivity index (χ0v) is 18.2. The molecule has 2 aromatic heterocycles. The summed E-state index contributed by atoms with van der Waals surface area (Å²) in [4.78, 5) is 5.65. The van der Waals surface area contributed by atoms with E-state index in [1.165, 1.54) is 0 Å². The van der Waals surface area contributed by atoms with E-state index in [1.807, 2.05) is 37.5 Å². The van der Waals surface area contributed by atoms with Gasteiger partial charge in [-0.2, -0.15) is 0 Å². The van der Waals surface area contributed by atoms with Crippen molar-refractivity contribution < 1.29 is 13.2 Å². The van der Waals surface area contributed by atoms with Crippen molar-refractivity contribution in [2.45, 2.75) is 10.9 Å². The zero-order chi connectivity index (χ0) is 21.4. The molecule has 0 saturated carbocycles. The molecule has 1 fully saturated rings. The van der Waals surface area contributed by atoms with Crippen LogP contribution in [-0.2, 0) is 21.8 Å². The van der Waals surface area contributed by atoms with Crippen LogP contribution in [0.5, 0.6) is 0 Å². The number of H-pyrrole nitrogens is 1. The molecule has 0 spiro atoms. The molecule has 0 amide bonds. The largest absolute Gasteiger partial charge is 0.379 e. The van der Waals surface area contributed by atoms with E-state index in [1.54, 1.807) is 12.1 Å². The predicted molar refractivity (Wildman–Crippen MR) is 122 cm³/mol. The van der Waals surface area contributed by atoms with Crippen molar-refractivity contribution in [2.75, 3.05) is 32.8 Å². The summed E-state index contributed by atoms with van der Waals surface area (Å²) in [6.07, 6.45) is 3.92. The van der Waals surface area contributed by atoms with Crippen LogP contribution in [0.2, 0.25) is 0 Å². The molecule has 0 bridgehead atoms. The summed E-state index contributed by atoms with van der Waals surface area (Å²) in [5, 5.41) is 2.13. The van der Waals surface area contributed by atoms with Crippen LogP contribution in [0.4, 0.5) is 0 Å². The number of hydrogen-bond acceptors (Lipinski definition) is 4. The first-order chi connectivity index (χ1) is 15.0. The average molecular weight is 439 g/mol. The number of aromatic nitrogens is 2. The normalized spacial score (nSPS) is 16.8. The number of rotatable bonds is 6. The van der Waals surface area contributed by atoms with E-state index in [4.69, 9.17) is 4.74 Å². The smallest absolute Gasteiger partial charge is 0.240 e. The minimum atomic E-state index is -3.65. The summed E-state index contributed by atoms with van der Waals surface area (Å²) >= 11 is 0. The number of sulfonamides is 1. The second-order valence-corrected chi connectivity index (χ2v) is 9.72. The Morgan fingerprint density at radius 1 is 1.13 bits per heavy atom. The van der Waals surface area contributed by atoms with Crippen molar-refractivity contribution in [3.05, 3.63) is 66.5 Å². The number of aromatic amines is 1. The van der Waals surface area contributed by atoms with Gasteiger partial charge in [0.1, 0.15) is 0 Å². The second kappa shape index (κ2) is 8.12. The average Bonchev–Trinajstić information content (AvgIpc) is 3.39. The Bertz CT molecular complexity index is 1320. The molecule has 2 N–H and O–H groups in total. The molecule has 31 heavy (non-hydrogen) atoms. The summed E-state index contributed by atoms with van der Waals surface area (Å²) in [5.74, 6) is 0. The van der Waals surface area contributed by atoms with E-state index in [0.29, 0.717) is 19.8 Å². The van der Waals surface area contributed by atoms with Crippen LogP contribution in [0.3, 0.4) is 0 Å². The Morgan fingerprint density at radius 2 is 1.94 bits per heavy atom. The maximum atomic E-state index is 13.1. The summed E-state index contributed by atoms with van der Waals surface area (Å²) in [6.45, 7) is 3.13. The minimum Gasteiger partial charge on any atom is -0.379 e. The van der Waals surface area contributed by atoms with Gasteiger partial charge in [-0.3, -0.25) is 4.90 Å². The van der Waals surface area contributed by atoms with Gasteiger partial charge in [0.25, 0.3) is 0 Å². The van der Waals surface area contributed by atoms with Gasteiger partial charge >= 0.3 is 0 Å². The van der Waals surface area contributed by atoms with Gasteiger partial charge in [0, 0.05) is 55.5 Å². The molecular formula is C23H26N4O3S. The van der Waals surface area contributed by atoms with E-state index in [9.17, 15) is 8.42 Å². The molecule has 7 nitrogen and oxygen atoms in total. The zero-order valence-electron chi connectivity index (χ0n) is 17.4. The van der Waals surface area contributed by atoms with Gasteiger partial charge in [0.15, 0.2) is 0 Å². The topological polar surface area (TPSA) is 79.4 Å². The third-order valence-corrected chi connectivity index (χ3v) is 7.50. The molecule has 1 saturated heterocycles. The number of nitrogens with one attached hydrogen (secondary N) is 2. The maximum Gasteiger partial charge on any atom is 0.240 e. The number of benzene rings is 2. The van der Waals surface area contributed by atoms with Gasteiger partial charge in [-0.1, -0.05) is 24.3 Å². The first-order valence-corrected chi connectivity index (χ1v) is 11.9. The number of ether oxygens (including phenoxy) is 1. The van der Waals surface area contributed by atoms with E-state index < -0.39 is 10.0 Å². The number of nitrogens with zero attached hydrogens (tertiary/aromatic N) is 2. The highest BCUT2D eigenvalue weighted by molar-refractivity contribution is 7.89. The lowest BCUT2D eigenvalue weighted by molar-refractivity contribution is 0.0174. The van der Waals surface area contributed by atoms with Gasteiger partial charge in [-0.15, -0.1) is 0 Å². The van der Waals surface area contributed by atoms with Gasteiger partial charge in [-0.05, 0) is 35.2 Å². The number of fused-ring (bicyclic) bond motifs is 2. The summed E-state index contributed by atoms with van der Waals surface area (Å²) in [7, 11) is -1.63. The minimum absolute atomic E-state index is 0.0843. The first-order valence-electron chi connectivity index (χ1n) is 10.5. The second-order valence-electron chi connectivity index (χ2n) is 7.96. The van der Waals surface area contributed by atoms with Crippen molar-refractivity contribution in [3.63, 3.8) is 0 Å². The van der Waals surface area contributed by atoms with Crippen LogP contribution < -0.4 is 4.72 Å². The Kier molecular flexibility index (Phi) is 5.31. The highest BCUT2D eigenvalue weighted by atomic mass is 32.2. The maximum absolute atomic E-state index is 13.1. The van der Waals surface area contributed by atoms with E-state index >= 15 is 0 Å².